The lowest BCUT2D eigenvalue weighted by Gasteiger charge is -2.26. The maximum atomic E-state index is 9.38. The van der Waals surface area contributed by atoms with Gasteiger partial charge in [-0.2, -0.15) is 0 Å². The quantitative estimate of drug-likeness (QED) is 0.701. The SMILES string of the molecule is C[C@@H](O)CN1CCC2CCC(C1)N2C. The fraction of sp³-hybridized carbons (Fsp3) is 1.00. The van der Waals surface area contributed by atoms with E-state index < -0.39 is 0 Å². The van der Waals surface area contributed by atoms with E-state index in [-0.39, 0.29) is 6.10 Å². The van der Waals surface area contributed by atoms with Gasteiger partial charge < -0.3 is 5.11 Å². The first-order chi connectivity index (χ1) is 6.66. The van der Waals surface area contributed by atoms with Gasteiger partial charge in [0.25, 0.3) is 0 Å². The van der Waals surface area contributed by atoms with Gasteiger partial charge in [0.15, 0.2) is 0 Å². The zero-order valence-electron chi connectivity index (χ0n) is 9.32. The van der Waals surface area contributed by atoms with Crippen molar-refractivity contribution < 1.29 is 5.11 Å². The molecule has 1 N–H and O–H groups in total. The summed E-state index contributed by atoms with van der Waals surface area (Å²) in [6, 6.07) is 1.54. The molecule has 0 aromatic heterocycles. The van der Waals surface area contributed by atoms with E-state index >= 15 is 0 Å². The van der Waals surface area contributed by atoms with Gasteiger partial charge in [-0.25, -0.2) is 0 Å². The van der Waals surface area contributed by atoms with Crippen LogP contribution in [0.15, 0.2) is 0 Å². The van der Waals surface area contributed by atoms with E-state index in [2.05, 4.69) is 16.8 Å². The lowest BCUT2D eigenvalue weighted by atomic mass is 10.1. The van der Waals surface area contributed by atoms with Gasteiger partial charge in [-0.05, 0) is 39.8 Å². The van der Waals surface area contributed by atoms with E-state index in [1.54, 1.807) is 0 Å². The third kappa shape index (κ3) is 2.10. The Morgan fingerprint density at radius 3 is 2.71 bits per heavy atom. The Morgan fingerprint density at radius 1 is 1.29 bits per heavy atom. The van der Waals surface area contributed by atoms with Gasteiger partial charge >= 0.3 is 0 Å². The van der Waals surface area contributed by atoms with Crippen LogP contribution in [0.2, 0.25) is 0 Å². The van der Waals surface area contributed by atoms with Crippen molar-refractivity contribution in [3.05, 3.63) is 0 Å². The van der Waals surface area contributed by atoms with Crippen LogP contribution >= 0.6 is 0 Å². The highest BCUT2D eigenvalue weighted by atomic mass is 16.3. The summed E-state index contributed by atoms with van der Waals surface area (Å²) in [5.41, 5.74) is 0. The van der Waals surface area contributed by atoms with Gasteiger partial charge in [-0.15, -0.1) is 0 Å². The van der Waals surface area contributed by atoms with Crippen LogP contribution in [0, 0.1) is 0 Å². The van der Waals surface area contributed by atoms with Gasteiger partial charge in [0.2, 0.25) is 0 Å². The molecule has 3 nitrogen and oxygen atoms in total. The molecule has 3 heteroatoms. The van der Waals surface area contributed by atoms with Gasteiger partial charge in [0.05, 0.1) is 6.10 Å². The van der Waals surface area contributed by atoms with Crippen LogP contribution in [0.1, 0.15) is 26.2 Å². The van der Waals surface area contributed by atoms with E-state index in [1.807, 2.05) is 6.92 Å². The number of aliphatic hydroxyl groups is 1. The van der Waals surface area contributed by atoms with Crippen LogP contribution < -0.4 is 0 Å². The Labute approximate surface area is 86.7 Å². The largest absolute Gasteiger partial charge is 0.392 e. The number of nitrogens with zero attached hydrogens (tertiary/aromatic N) is 2. The average molecular weight is 198 g/mol. The van der Waals surface area contributed by atoms with Crippen LogP contribution in [0.25, 0.3) is 0 Å². The van der Waals surface area contributed by atoms with Gasteiger partial charge in [0.1, 0.15) is 0 Å². The van der Waals surface area contributed by atoms with Crippen molar-refractivity contribution in [2.45, 2.75) is 44.4 Å². The highest BCUT2D eigenvalue weighted by Crippen LogP contribution is 2.28. The molecule has 0 spiro atoms. The summed E-state index contributed by atoms with van der Waals surface area (Å²) in [4.78, 5) is 4.97. The van der Waals surface area contributed by atoms with E-state index in [4.69, 9.17) is 0 Å². The number of likely N-dealkylation sites (N-methyl/N-ethyl adjacent to an activating group) is 1. The summed E-state index contributed by atoms with van der Waals surface area (Å²) in [6.07, 6.45) is 3.82. The molecule has 2 rings (SSSR count). The molecule has 0 amide bonds. The van der Waals surface area contributed by atoms with Crippen LogP contribution in [0.3, 0.4) is 0 Å². The predicted molar refractivity (Wildman–Crippen MR) is 57.3 cm³/mol. The third-order valence-corrected chi connectivity index (χ3v) is 3.75. The van der Waals surface area contributed by atoms with Crippen molar-refractivity contribution in [3.63, 3.8) is 0 Å². The zero-order chi connectivity index (χ0) is 10.1. The number of fused-ring (bicyclic) bond motifs is 2. The number of aliphatic hydroxyl groups excluding tert-OH is 1. The van der Waals surface area contributed by atoms with Crippen LogP contribution in [0.5, 0.6) is 0 Å². The van der Waals surface area contributed by atoms with E-state index in [9.17, 15) is 5.11 Å². The lowest BCUT2D eigenvalue weighted by Crippen LogP contribution is -2.39. The standard InChI is InChI=1S/C11H22N2O/c1-9(14)7-13-6-5-10-3-4-11(8-13)12(10)2/h9-11,14H,3-8H2,1-2H3/t9-,10?,11?/m1/s1. The Balaban J connectivity index is 1.93. The second-order valence-electron chi connectivity index (χ2n) is 4.95. The molecule has 0 saturated carbocycles. The first kappa shape index (κ1) is 10.4. The molecular weight excluding hydrogens is 176 g/mol. The second kappa shape index (κ2) is 4.17. The molecule has 2 aliphatic rings. The molecule has 2 heterocycles. The summed E-state index contributed by atoms with van der Waals surface area (Å²) in [5.74, 6) is 0. The minimum absolute atomic E-state index is 0.183. The van der Waals surface area contributed by atoms with E-state index in [0.717, 1.165) is 31.7 Å². The highest BCUT2D eigenvalue weighted by molar-refractivity contribution is 4.91. The molecule has 2 bridgehead atoms. The third-order valence-electron chi connectivity index (χ3n) is 3.75. The predicted octanol–water partition coefficient (Wildman–Crippen LogP) is 0.536. The van der Waals surface area contributed by atoms with Gasteiger partial charge in [0, 0.05) is 25.2 Å². The van der Waals surface area contributed by atoms with Crippen LogP contribution in [-0.2, 0) is 0 Å². The monoisotopic (exact) mass is 198 g/mol. The molecule has 2 aliphatic heterocycles. The van der Waals surface area contributed by atoms with Crippen molar-refractivity contribution in [3.8, 4) is 0 Å². The average Bonchev–Trinajstić information content (AvgIpc) is 2.33. The first-order valence-electron chi connectivity index (χ1n) is 5.79. The fourth-order valence-electron chi connectivity index (χ4n) is 2.92. The maximum absolute atomic E-state index is 9.38. The van der Waals surface area contributed by atoms with E-state index in [0.29, 0.717) is 0 Å². The first-order valence-corrected chi connectivity index (χ1v) is 5.79. The number of likely N-dealkylation sites (tertiary alicyclic amines) is 1. The Kier molecular flexibility index (Phi) is 3.10. The molecule has 2 fully saturated rings. The molecule has 82 valence electrons. The summed E-state index contributed by atoms with van der Waals surface area (Å²) < 4.78 is 0. The number of β-amino-alcohol motifs (C(OH)–C–C–N with tert-alkyl or cyclic N) is 1. The smallest absolute Gasteiger partial charge is 0.0639 e. The van der Waals surface area contributed by atoms with Crippen molar-refractivity contribution in [1.82, 2.24) is 9.80 Å². The second-order valence-corrected chi connectivity index (χ2v) is 4.95. The molecule has 2 unspecified atom stereocenters. The number of hydrogen-bond donors (Lipinski definition) is 1. The minimum atomic E-state index is -0.183. The molecule has 14 heavy (non-hydrogen) atoms. The Bertz CT molecular complexity index is 196. The number of hydrogen-bond acceptors (Lipinski definition) is 3. The van der Waals surface area contributed by atoms with Crippen molar-refractivity contribution >= 4 is 0 Å². The number of rotatable bonds is 2. The molecule has 2 saturated heterocycles. The summed E-state index contributed by atoms with van der Waals surface area (Å²) in [5, 5.41) is 9.38. The van der Waals surface area contributed by atoms with Crippen molar-refractivity contribution in [2.75, 3.05) is 26.7 Å². The zero-order valence-corrected chi connectivity index (χ0v) is 9.32. The van der Waals surface area contributed by atoms with Gasteiger partial charge in [-0.1, -0.05) is 0 Å². The van der Waals surface area contributed by atoms with Crippen molar-refractivity contribution in [2.24, 2.45) is 0 Å². The summed E-state index contributed by atoms with van der Waals surface area (Å²) in [6.45, 7) is 5.04. The molecule has 0 radical (unpaired) electrons. The van der Waals surface area contributed by atoms with Crippen molar-refractivity contribution in [1.29, 1.82) is 0 Å². The topological polar surface area (TPSA) is 26.7 Å². The molecule has 0 aromatic rings. The van der Waals surface area contributed by atoms with Crippen LogP contribution in [0.4, 0.5) is 0 Å². The molecule has 0 aromatic carbocycles. The summed E-state index contributed by atoms with van der Waals surface area (Å²) >= 11 is 0. The van der Waals surface area contributed by atoms with Gasteiger partial charge in [-0.3, -0.25) is 9.80 Å². The molecule has 3 atom stereocenters. The molecular formula is C11H22N2O. The Hall–Kier alpha value is -0.120. The van der Waals surface area contributed by atoms with Crippen LogP contribution in [-0.4, -0.2) is 59.8 Å². The normalized spacial score (nSPS) is 37.1. The minimum Gasteiger partial charge on any atom is -0.392 e. The highest BCUT2D eigenvalue weighted by Gasteiger charge is 2.34. The maximum Gasteiger partial charge on any atom is 0.0639 e. The van der Waals surface area contributed by atoms with E-state index in [1.165, 1.54) is 19.3 Å². The molecule has 0 aliphatic carbocycles. The fourth-order valence-corrected chi connectivity index (χ4v) is 2.92. The Morgan fingerprint density at radius 2 is 2.00 bits per heavy atom. The lowest BCUT2D eigenvalue weighted by molar-refractivity contribution is 0.119. The summed E-state index contributed by atoms with van der Waals surface area (Å²) in [7, 11) is 2.26.